The lowest BCUT2D eigenvalue weighted by Crippen LogP contribution is -2.39. The van der Waals surface area contributed by atoms with Crippen LogP contribution in [0.4, 0.5) is 0 Å². The van der Waals surface area contributed by atoms with Crippen LogP contribution in [0.5, 0.6) is 0 Å². The molecule has 0 amide bonds. The highest BCUT2D eigenvalue weighted by Crippen LogP contribution is 2.19. The van der Waals surface area contributed by atoms with Crippen molar-refractivity contribution >= 4 is 17.3 Å². The third-order valence-corrected chi connectivity index (χ3v) is 5.04. The van der Waals surface area contributed by atoms with Gasteiger partial charge in [0.25, 0.3) is 0 Å². The molecule has 0 saturated heterocycles. The molecule has 1 aromatic rings. The van der Waals surface area contributed by atoms with Gasteiger partial charge in [0, 0.05) is 37.0 Å². The SMILES string of the molecule is CN=C(NCCCCN(C)C(C)C)NCC(C)c1cccs1. The van der Waals surface area contributed by atoms with Crippen molar-refractivity contribution in [1.82, 2.24) is 15.5 Å². The van der Waals surface area contributed by atoms with E-state index in [-0.39, 0.29) is 0 Å². The molecule has 0 saturated carbocycles. The third kappa shape index (κ3) is 7.27. The van der Waals surface area contributed by atoms with E-state index in [1.807, 2.05) is 18.4 Å². The largest absolute Gasteiger partial charge is 0.356 e. The summed E-state index contributed by atoms with van der Waals surface area (Å²) in [4.78, 5) is 8.09. The zero-order valence-electron chi connectivity index (χ0n) is 14.7. The van der Waals surface area contributed by atoms with Crippen LogP contribution in [-0.4, -0.2) is 50.6 Å². The Bertz CT molecular complexity index is 414. The Labute approximate surface area is 140 Å². The lowest BCUT2D eigenvalue weighted by molar-refractivity contribution is 0.268. The molecule has 4 nitrogen and oxygen atoms in total. The van der Waals surface area contributed by atoms with E-state index in [1.54, 1.807) is 0 Å². The van der Waals surface area contributed by atoms with Crippen LogP contribution in [0.1, 0.15) is 44.4 Å². The van der Waals surface area contributed by atoms with Crippen molar-refractivity contribution in [3.05, 3.63) is 22.4 Å². The van der Waals surface area contributed by atoms with Crippen molar-refractivity contribution < 1.29 is 0 Å². The molecule has 1 rings (SSSR count). The molecule has 0 aromatic carbocycles. The Kier molecular flexibility index (Phi) is 9.16. The Morgan fingerprint density at radius 1 is 1.27 bits per heavy atom. The second kappa shape index (κ2) is 10.6. The van der Waals surface area contributed by atoms with Gasteiger partial charge in [-0.3, -0.25) is 4.99 Å². The summed E-state index contributed by atoms with van der Waals surface area (Å²) in [6.07, 6.45) is 2.38. The van der Waals surface area contributed by atoms with Gasteiger partial charge in [0.1, 0.15) is 0 Å². The molecule has 126 valence electrons. The number of unbranched alkanes of at least 4 members (excludes halogenated alkanes) is 1. The van der Waals surface area contributed by atoms with E-state index in [9.17, 15) is 0 Å². The van der Waals surface area contributed by atoms with Gasteiger partial charge in [-0.2, -0.15) is 0 Å². The van der Waals surface area contributed by atoms with Gasteiger partial charge in [-0.15, -0.1) is 11.3 Å². The smallest absolute Gasteiger partial charge is 0.190 e. The van der Waals surface area contributed by atoms with E-state index in [0.29, 0.717) is 12.0 Å². The normalized spacial score (nSPS) is 13.7. The summed E-state index contributed by atoms with van der Waals surface area (Å²) in [5, 5.41) is 8.94. The van der Waals surface area contributed by atoms with Crippen LogP contribution in [0.3, 0.4) is 0 Å². The number of hydrogen-bond acceptors (Lipinski definition) is 3. The Hall–Kier alpha value is -1.07. The predicted molar refractivity (Wildman–Crippen MR) is 99.1 cm³/mol. The van der Waals surface area contributed by atoms with Crippen molar-refractivity contribution in [1.29, 1.82) is 0 Å². The molecule has 22 heavy (non-hydrogen) atoms. The number of nitrogens with one attached hydrogen (secondary N) is 2. The van der Waals surface area contributed by atoms with E-state index in [4.69, 9.17) is 0 Å². The second-order valence-corrected chi connectivity index (χ2v) is 7.06. The van der Waals surface area contributed by atoms with Crippen LogP contribution in [0.15, 0.2) is 22.5 Å². The molecular formula is C17H32N4S. The van der Waals surface area contributed by atoms with Gasteiger partial charge < -0.3 is 15.5 Å². The Morgan fingerprint density at radius 2 is 2.05 bits per heavy atom. The highest BCUT2D eigenvalue weighted by Gasteiger charge is 2.07. The highest BCUT2D eigenvalue weighted by atomic mass is 32.1. The quantitative estimate of drug-likeness (QED) is 0.416. The van der Waals surface area contributed by atoms with Crippen molar-refractivity contribution in [2.75, 3.05) is 33.7 Å². The first-order chi connectivity index (χ1) is 10.5. The van der Waals surface area contributed by atoms with Crippen molar-refractivity contribution in [3.8, 4) is 0 Å². The standard InChI is InChI=1S/C17H32N4S/c1-14(2)21(5)11-7-6-10-19-17(18-4)20-13-15(3)16-9-8-12-22-16/h8-9,12,14-15H,6-7,10-11,13H2,1-5H3,(H2,18,19,20). The van der Waals surface area contributed by atoms with Gasteiger partial charge in [0.05, 0.1) is 0 Å². The minimum absolute atomic E-state index is 0.512. The molecule has 0 radical (unpaired) electrons. The molecule has 1 unspecified atom stereocenters. The maximum atomic E-state index is 4.29. The fourth-order valence-corrected chi connectivity index (χ4v) is 2.88. The van der Waals surface area contributed by atoms with Crippen molar-refractivity contribution in [3.63, 3.8) is 0 Å². The van der Waals surface area contributed by atoms with Crippen LogP contribution in [0.2, 0.25) is 0 Å². The minimum Gasteiger partial charge on any atom is -0.356 e. The van der Waals surface area contributed by atoms with Gasteiger partial charge in [-0.25, -0.2) is 0 Å². The van der Waals surface area contributed by atoms with Crippen LogP contribution in [0, 0.1) is 0 Å². The van der Waals surface area contributed by atoms with Gasteiger partial charge >= 0.3 is 0 Å². The van der Waals surface area contributed by atoms with Gasteiger partial charge in [-0.05, 0) is 51.7 Å². The molecule has 1 aromatic heterocycles. The molecule has 0 aliphatic carbocycles. The molecule has 2 N–H and O–H groups in total. The summed E-state index contributed by atoms with van der Waals surface area (Å²) in [6, 6.07) is 4.93. The molecule has 5 heteroatoms. The Morgan fingerprint density at radius 3 is 2.64 bits per heavy atom. The molecule has 0 aliphatic rings. The van der Waals surface area contributed by atoms with Crippen LogP contribution in [-0.2, 0) is 0 Å². The van der Waals surface area contributed by atoms with E-state index in [0.717, 1.165) is 32.0 Å². The first-order valence-electron chi connectivity index (χ1n) is 8.22. The van der Waals surface area contributed by atoms with E-state index in [2.05, 4.69) is 65.9 Å². The number of thiophene rings is 1. The summed E-state index contributed by atoms with van der Waals surface area (Å²) in [7, 11) is 4.02. The van der Waals surface area contributed by atoms with Crippen LogP contribution < -0.4 is 10.6 Å². The summed E-state index contributed by atoms with van der Waals surface area (Å²) < 4.78 is 0. The fourth-order valence-electron chi connectivity index (χ4n) is 2.09. The van der Waals surface area contributed by atoms with Crippen LogP contribution >= 0.6 is 11.3 Å². The van der Waals surface area contributed by atoms with Crippen LogP contribution in [0.25, 0.3) is 0 Å². The summed E-state index contributed by atoms with van der Waals surface area (Å²) in [5.41, 5.74) is 0. The Balaban J connectivity index is 2.15. The maximum Gasteiger partial charge on any atom is 0.190 e. The van der Waals surface area contributed by atoms with E-state index >= 15 is 0 Å². The first kappa shape index (κ1) is 19.0. The molecule has 0 spiro atoms. The zero-order valence-corrected chi connectivity index (χ0v) is 15.5. The summed E-state index contributed by atoms with van der Waals surface area (Å²) in [5.74, 6) is 1.42. The number of aliphatic imine (C=N–C) groups is 1. The average Bonchev–Trinajstić information content (AvgIpc) is 3.03. The van der Waals surface area contributed by atoms with E-state index < -0.39 is 0 Å². The molecule has 0 bridgehead atoms. The topological polar surface area (TPSA) is 39.7 Å². The fraction of sp³-hybridized carbons (Fsp3) is 0.706. The number of guanidine groups is 1. The lowest BCUT2D eigenvalue weighted by atomic mass is 10.1. The molecule has 0 aliphatic heterocycles. The number of hydrogen-bond donors (Lipinski definition) is 2. The second-order valence-electron chi connectivity index (χ2n) is 6.08. The third-order valence-electron chi connectivity index (χ3n) is 3.94. The van der Waals surface area contributed by atoms with Crippen molar-refractivity contribution in [2.24, 2.45) is 4.99 Å². The highest BCUT2D eigenvalue weighted by molar-refractivity contribution is 7.10. The molecule has 0 fully saturated rings. The molecule has 1 heterocycles. The average molecular weight is 325 g/mol. The predicted octanol–water partition coefficient (Wildman–Crippen LogP) is 3.14. The van der Waals surface area contributed by atoms with Gasteiger partial charge in [0.15, 0.2) is 5.96 Å². The number of nitrogens with zero attached hydrogens (tertiary/aromatic N) is 2. The summed E-state index contributed by atoms with van der Waals surface area (Å²) in [6.45, 7) is 9.75. The summed E-state index contributed by atoms with van der Waals surface area (Å²) >= 11 is 1.81. The zero-order chi connectivity index (χ0) is 16.4. The van der Waals surface area contributed by atoms with Gasteiger partial charge in [0.2, 0.25) is 0 Å². The number of rotatable bonds is 9. The van der Waals surface area contributed by atoms with Crippen molar-refractivity contribution in [2.45, 2.75) is 45.6 Å². The maximum absolute atomic E-state index is 4.29. The monoisotopic (exact) mass is 324 g/mol. The van der Waals surface area contributed by atoms with Gasteiger partial charge in [-0.1, -0.05) is 13.0 Å². The molecular weight excluding hydrogens is 292 g/mol. The van der Waals surface area contributed by atoms with E-state index in [1.165, 1.54) is 11.3 Å². The minimum atomic E-state index is 0.512. The first-order valence-corrected chi connectivity index (χ1v) is 9.10. The molecule has 1 atom stereocenters. The lowest BCUT2D eigenvalue weighted by Gasteiger charge is -2.21.